The van der Waals surface area contributed by atoms with Crippen molar-refractivity contribution in [2.24, 2.45) is 0 Å². The van der Waals surface area contributed by atoms with Crippen molar-refractivity contribution in [1.82, 2.24) is 15.1 Å². The number of carbonyl (C=O) groups is 1. The molecule has 1 heterocycles. The Labute approximate surface area is 97.4 Å². The average molecular weight is 229 g/mol. The van der Waals surface area contributed by atoms with Crippen LogP contribution in [-0.4, -0.2) is 72.7 Å². The maximum Gasteiger partial charge on any atom is 0.242 e. The Hall–Kier alpha value is -0.650. The maximum atomic E-state index is 12.1. The lowest BCUT2D eigenvalue weighted by Crippen LogP contribution is -2.58. The Bertz CT molecular complexity index is 235. The summed E-state index contributed by atoms with van der Waals surface area (Å²) < 4.78 is 0. The van der Waals surface area contributed by atoms with Crippen molar-refractivity contribution < 1.29 is 9.90 Å². The molecule has 1 aliphatic heterocycles. The van der Waals surface area contributed by atoms with Crippen LogP contribution in [0.2, 0.25) is 0 Å². The van der Waals surface area contributed by atoms with Gasteiger partial charge in [0, 0.05) is 32.7 Å². The lowest BCUT2D eigenvalue weighted by atomic mass is 10.0. The van der Waals surface area contributed by atoms with Crippen molar-refractivity contribution in [3.8, 4) is 0 Å². The second kappa shape index (κ2) is 5.61. The Kier molecular flexibility index (Phi) is 4.70. The third kappa shape index (κ3) is 3.17. The van der Waals surface area contributed by atoms with Gasteiger partial charge in [0.2, 0.25) is 5.91 Å². The van der Waals surface area contributed by atoms with Gasteiger partial charge in [0.25, 0.3) is 0 Å². The molecule has 2 N–H and O–H groups in total. The van der Waals surface area contributed by atoms with Crippen LogP contribution in [0, 0.1) is 0 Å². The van der Waals surface area contributed by atoms with E-state index in [4.69, 9.17) is 5.11 Å². The number of aliphatic hydroxyl groups excluding tert-OH is 1. The fraction of sp³-hybridized carbons (Fsp3) is 0.909. The molecule has 0 bridgehead atoms. The molecule has 0 aliphatic carbocycles. The van der Waals surface area contributed by atoms with Crippen molar-refractivity contribution in [2.75, 3.05) is 46.4 Å². The van der Waals surface area contributed by atoms with Crippen LogP contribution in [0.3, 0.4) is 0 Å². The fourth-order valence-corrected chi connectivity index (χ4v) is 1.82. The van der Waals surface area contributed by atoms with E-state index in [0.717, 1.165) is 26.2 Å². The first kappa shape index (κ1) is 13.4. The van der Waals surface area contributed by atoms with Crippen LogP contribution < -0.4 is 5.32 Å². The normalized spacial score (nSPS) is 18.9. The number of carbonyl (C=O) groups excluding carboxylic acids is 1. The van der Waals surface area contributed by atoms with Gasteiger partial charge in [0.05, 0.1) is 12.1 Å². The van der Waals surface area contributed by atoms with E-state index in [0.29, 0.717) is 6.54 Å². The number of piperazine rings is 1. The van der Waals surface area contributed by atoms with Gasteiger partial charge in [-0.3, -0.25) is 9.69 Å². The summed E-state index contributed by atoms with van der Waals surface area (Å²) in [5, 5.41) is 11.9. The average Bonchev–Trinajstić information content (AvgIpc) is 2.29. The molecule has 0 unspecified atom stereocenters. The van der Waals surface area contributed by atoms with E-state index in [1.165, 1.54) is 0 Å². The van der Waals surface area contributed by atoms with Crippen LogP contribution in [0.15, 0.2) is 0 Å². The highest BCUT2D eigenvalue weighted by Crippen LogP contribution is 2.10. The number of hydrogen-bond acceptors (Lipinski definition) is 4. The van der Waals surface area contributed by atoms with Gasteiger partial charge in [0.1, 0.15) is 0 Å². The molecule has 94 valence electrons. The predicted molar refractivity (Wildman–Crippen MR) is 63.2 cm³/mol. The lowest BCUT2D eigenvalue weighted by Gasteiger charge is -2.38. The third-order valence-electron chi connectivity index (χ3n) is 3.24. The summed E-state index contributed by atoms with van der Waals surface area (Å²) >= 11 is 0. The molecule has 0 spiro atoms. The number of rotatable bonds is 4. The zero-order chi connectivity index (χ0) is 12.2. The number of likely N-dealkylation sites (N-methyl/N-ethyl adjacent to an activating group) is 1. The molecule has 0 aromatic heterocycles. The third-order valence-corrected chi connectivity index (χ3v) is 3.24. The van der Waals surface area contributed by atoms with E-state index in [1.807, 2.05) is 18.7 Å². The van der Waals surface area contributed by atoms with Crippen LogP contribution in [0.1, 0.15) is 13.8 Å². The van der Waals surface area contributed by atoms with E-state index >= 15 is 0 Å². The molecular formula is C11H23N3O2. The number of aliphatic hydroxyl groups is 1. The summed E-state index contributed by atoms with van der Waals surface area (Å²) in [5.74, 6) is 0.152. The smallest absolute Gasteiger partial charge is 0.242 e. The van der Waals surface area contributed by atoms with E-state index in [9.17, 15) is 4.79 Å². The van der Waals surface area contributed by atoms with Crippen molar-refractivity contribution in [3.05, 3.63) is 0 Å². The number of hydrogen-bond donors (Lipinski definition) is 2. The van der Waals surface area contributed by atoms with Crippen LogP contribution in [0.5, 0.6) is 0 Å². The second-order valence-corrected chi connectivity index (χ2v) is 4.73. The summed E-state index contributed by atoms with van der Waals surface area (Å²) in [6.07, 6.45) is 0. The van der Waals surface area contributed by atoms with Crippen molar-refractivity contribution in [2.45, 2.75) is 19.4 Å². The van der Waals surface area contributed by atoms with Crippen molar-refractivity contribution in [1.29, 1.82) is 0 Å². The molecule has 0 atom stereocenters. The second-order valence-electron chi connectivity index (χ2n) is 4.73. The summed E-state index contributed by atoms with van der Waals surface area (Å²) in [7, 11) is 1.81. The van der Waals surface area contributed by atoms with Gasteiger partial charge in [-0.2, -0.15) is 0 Å². The highest BCUT2D eigenvalue weighted by atomic mass is 16.3. The van der Waals surface area contributed by atoms with Crippen molar-refractivity contribution >= 4 is 5.91 Å². The molecule has 1 rings (SSSR count). The molecular weight excluding hydrogens is 206 g/mol. The molecule has 0 radical (unpaired) electrons. The first-order valence-corrected chi connectivity index (χ1v) is 5.83. The minimum absolute atomic E-state index is 0.152. The van der Waals surface area contributed by atoms with Crippen LogP contribution in [0.4, 0.5) is 0 Å². The molecule has 1 saturated heterocycles. The monoisotopic (exact) mass is 229 g/mol. The molecule has 0 aromatic carbocycles. The van der Waals surface area contributed by atoms with Gasteiger partial charge in [-0.15, -0.1) is 0 Å². The SMILES string of the molecule is CNC(C)(C)C(=O)N1CCN(CCO)CC1. The molecule has 1 amide bonds. The molecule has 16 heavy (non-hydrogen) atoms. The Morgan fingerprint density at radius 2 is 1.88 bits per heavy atom. The van der Waals surface area contributed by atoms with Gasteiger partial charge in [-0.25, -0.2) is 0 Å². The fourth-order valence-electron chi connectivity index (χ4n) is 1.82. The van der Waals surface area contributed by atoms with E-state index in [-0.39, 0.29) is 12.5 Å². The number of nitrogens with zero attached hydrogens (tertiary/aromatic N) is 2. The van der Waals surface area contributed by atoms with Crippen LogP contribution >= 0.6 is 0 Å². The number of amides is 1. The zero-order valence-electron chi connectivity index (χ0n) is 10.5. The molecule has 1 fully saturated rings. The molecule has 1 aliphatic rings. The highest BCUT2D eigenvalue weighted by molar-refractivity contribution is 5.85. The van der Waals surface area contributed by atoms with Crippen LogP contribution in [-0.2, 0) is 4.79 Å². The number of nitrogens with one attached hydrogen (secondary N) is 1. The summed E-state index contributed by atoms with van der Waals surface area (Å²) in [5.41, 5.74) is -0.487. The predicted octanol–water partition coefficient (Wildman–Crippen LogP) is -0.879. The Morgan fingerprint density at radius 3 is 2.31 bits per heavy atom. The molecule has 0 saturated carbocycles. The first-order chi connectivity index (χ1) is 7.51. The van der Waals surface area contributed by atoms with Gasteiger partial charge in [-0.1, -0.05) is 0 Å². The molecule has 0 aromatic rings. The van der Waals surface area contributed by atoms with Gasteiger partial charge >= 0.3 is 0 Å². The van der Waals surface area contributed by atoms with Gasteiger partial charge in [0.15, 0.2) is 0 Å². The van der Waals surface area contributed by atoms with E-state index < -0.39 is 5.54 Å². The number of β-amino-alcohol motifs (C(OH)–C–C–N with tert-alkyl or cyclic N) is 1. The Morgan fingerprint density at radius 1 is 1.31 bits per heavy atom. The van der Waals surface area contributed by atoms with Gasteiger partial charge < -0.3 is 15.3 Å². The minimum Gasteiger partial charge on any atom is -0.395 e. The topological polar surface area (TPSA) is 55.8 Å². The van der Waals surface area contributed by atoms with Gasteiger partial charge in [-0.05, 0) is 20.9 Å². The maximum absolute atomic E-state index is 12.1. The minimum atomic E-state index is -0.487. The van der Waals surface area contributed by atoms with E-state index in [1.54, 1.807) is 7.05 Å². The van der Waals surface area contributed by atoms with E-state index in [2.05, 4.69) is 10.2 Å². The zero-order valence-corrected chi connectivity index (χ0v) is 10.5. The standard InChI is InChI=1S/C11H23N3O2/c1-11(2,12-3)10(16)14-6-4-13(5-7-14)8-9-15/h12,15H,4-9H2,1-3H3. The first-order valence-electron chi connectivity index (χ1n) is 5.83. The largest absolute Gasteiger partial charge is 0.395 e. The lowest BCUT2D eigenvalue weighted by molar-refractivity contribution is -0.138. The quantitative estimate of drug-likeness (QED) is 0.657. The molecule has 5 nitrogen and oxygen atoms in total. The molecule has 5 heteroatoms. The van der Waals surface area contributed by atoms with Crippen molar-refractivity contribution in [3.63, 3.8) is 0 Å². The summed E-state index contributed by atoms with van der Waals surface area (Å²) in [4.78, 5) is 16.2. The Balaban J connectivity index is 2.45. The van der Waals surface area contributed by atoms with Crippen LogP contribution in [0.25, 0.3) is 0 Å². The summed E-state index contributed by atoms with van der Waals surface area (Å²) in [6, 6.07) is 0. The summed E-state index contributed by atoms with van der Waals surface area (Å²) in [6.45, 7) is 7.91. The highest BCUT2D eigenvalue weighted by Gasteiger charge is 2.31.